The van der Waals surface area contributed by atoms with Gasteiger partial charge in [-0.1, -0.05) is 0 Å². The van der Waals surface area contributed by atoms with Gasteiger partial charge in [-0.3, -0.25) is 4.79 Å². The molecular weight excluding hydrogens is 336 g/mol. The van der Waals surface area contributed by atoms with Crippen molar-refractivity contribution in [3.63, 3.8) is 0 Å². The Morgan fingerprint density at radius 3 is 2.31 bits per heavy atom. The first-order valence-corrected chi connectivity index (χ1v) is 5.31. The van der Waals surface area contributed by atoms with E-state index in [1.165, 1.54) is 12.1 Å². The summed E-state index contributed by atoms with van der Waals surface area (Å²) in [4.78, 5) is 11.2. The molecule has 0 spiro atoms. The molecule has 0 radical (unpaired) electrons. The highest BCUT2D eigenvalue weighted by molar-refractivity contribution is 14.1. The zero-order valence-electron chi connectivity index (χ0n) is 8.48. The third-order valence-corrected chi connectivity index (χ3v) is 2.87. The lowest BCUT2D eigenvalue weighted by Gasteiger charge is -2.16. The Morgan fingerprint density at radius 2 is 1.94 bits per heavy atom. The van der Waals surface area contributed by atoms with E-state index in [4.69, 9.17) is 0 Å². The molecule has 0 aromatic heterocycles. The summed E-state index contributed by atoms with van der Waals surface area (Å²) < 4.78 is 43.3. The molecule has 0 atom stereocenters. The van der Waals surface area contributed by atoms with Crippen molar-refractivity contribution in [3.05, 3.63) is 26.8 Å². The number of ether oxygens (including phenoxy) is 1. The van der Waals surface area contributed by atoms with Crippen LogP contribution in [0.2, 0.25) is 0 Å². The van der Waals surface area contributed by atoms with E-state index < -0.39 is 17.5 Å². The number of hydrogen-bond donors (Lipinski definition) is 0. The normalized spacial score (nSPS) is 11.4. The summed E-state index contributed by atoms with van der Waals surface area (Å²) in [6.07, 6.45) is -4.60. The predicted molar refractivity (Wildman–Crippen MR) is 60.7 cm³/mol. The zero-order valence-corrected chi connectivity index (χ0v) is 10.6. The van der Waals surface area contributed by atoms with E-state index in [9.17, 15) is 18.0 Å². The molecule has 1 aromatic rings. The summed E-state index contributed by atoms with van der Waals surface area (Å²) in [7, 11) is 1.14. The van der Waals surface area contributed by atoms with Gasteiger partial charge in [0.25, 0.3) is 0 Å². The van der Waals surface area contributed by atoms with Gasteiger partial charge in [0, 0.05) is 9.13 Å². The fraction of sp³-hybridized carbons (Fsp3) is 0.300. The first-order valence-electron chi connectivity index (χ1n) is 4.23. The van der Waals surface area contributed by atoms with Crippen LogP contribution in [0.5, 0.6) is 5.75 Å². The Kier molecular flexibility index (Phi) is 3.82. The highest BCUT2D eigenvalue weighted by atomic mass is 127. The van der Waals surface area contributed by atoms with Crippen LogP contribution in [0.3, 0.4) is 0 Å². The molecule has 0 aliphatic rings. The first kappa shape index (κ1) is 13.3. The lowest BCUT2D eigenvalue weighted by molar-refractivity contribution is -0.139. The van der Waals surface area contributed by atoms with E-state index in [2.05, 4.69) is 4.74 Å². The van der Waals surface area contributed by atoms with Crippen molar-refractivity contribution in [3.8, 4) is 5.75 Å². The number of halogens is 4. The Balaban J connectivity index is 3.62. The summed E-state index contributed by atoms with van der Waals surface area (Å²) >= 11 is 1.70. The van der Waals surface area contributed by atoms with Crippen LogP contribution in [0.15, 0.2) is 12.1 Å². The van der Waals surface area contributed by atoms with Crippen LogP contribution in [0.4, 0.5) is 13.2 Å². The summed E-state index contributed by atoms with van der Waals surface area (Å²) in [6, 6.07) is 2.63. The topological polar surface area (TPSA) is 26.3 Å². The SMILES string of the molecule is COc1ccc(I)c(C(C)=O)c1C(F)(F)F. The van der Waals surface area contributed by atoms with E-state index in [-0.39, 0.29) is 14.9 Å². The average molecular weight is 344 g/mol. The minimum absolute atomic E-state index is 0.262. The van der Waals surface area contributed by atoms with Crippen molar-refractivity contribution in [2.45, 2.75) is 13.1 Å². The molecule has 2 nitrogen and oxygen atoms in total. The monoisotopic (exact) mass is 344 g/mol. The molecule has 0 saturated carbocycles. The van der Waals surface area contributed by atoms with Crippen LogP contribution >= 0.6 is 22.6 Å². The molecule has 0 unspecified atom stereocenters. The number of methoxy groups -OCH3 is 1. The Labute approximate surface area is 104 Å². The van der Waals surface area contributed by atoms with Gasteiger partial charge < -0.3 is 4.74 Å². The third-order valence-electron chi connectivity index (χ3n) is 1.97. The van der Waals surface area contributed by atoms with Crippen LogP contribution in [0.1, 0.15) is 22.8 Å². The molecule has 0 heterocycles. The maximum absolute atomic E-state index is 12.8. The van der Waals surface area contributed by atoms with Gasteiger partial charge in [0.05, 0.1) is 7.11 Å². The molecule has 0 aliphatic carbocycles. The minimum atomic E-state index is -4.60. The highest BCUT2D eigenvalue weighted by Gasteiger charge is 2.39. The molecule has 0 bridgehead atoms. The molecule has 1 rings (SSSR count). The van der Waals surface area contributed by atoms with Crippen LogP contribution in [0, 0.1) is 3.57 Å². The Morgan fingerprint density at radius 1 is 1.38 bits per heavy atom. The molecule has 0 amide bonds. The second kappa shape index (κ2) is 4.60. The summed E-state index contributed by atoms with van der Waals surface area (Å²) in [5, 5.41) is 0. The zero-order chi connectivity index (χ0) is 12.5. The van der Waals surface area contributed by atoms with Gasteiger partial charge in [0.15, 0.2) is 5.78 Å². The second-order valence-electron chi connectivity index (χ2n) is 3.05. The number of rotatable bonds is 2. The first-order chi connectivity index (χ1) is 7.29. The molecule has 0 fully saturated rings. The minimum Gasteiger partial charge on any atom is -0.496 e. The van der Waals surface area contributed by atoms with Crippen molar-refractivity contribution in [2.75, 3.05) is 7.11 Å². The maximum Gasteiger partial charge on any atom is 0.420 e. The van der Waals surface area contributed by atoms with Gasteiger partial charge in [-0.25, -0.2) is 0 Å². The quantitative estimate of drug-likeness (QED) is 0.606. The molecule has 0 N–H and O–H groups in total. The smallest absolute Gasteiger partial charge is 0.420 e. The Bertz CT molecular complexity index is 427. The van der Waals surface area contributed by atoms with Crippen molar-refractivity contribution in [1.82, 2.24) is 0 Å². The largest absolute Gasteiger partial charge is 0.496 e. The van der Waals surface area contributed by atoms with E-state index >= 15 is 0 Å². The third kappa shape index (κ3) is 2.47. The molecule has 0 saturated heterocycles. The van der Waals surface area contributed by atoms with Gasteiger partial charge >= 0.3 is 6.18 Å². The number of carbonyl (C=O) groups is 1. The molecule has 6 heteroatoms. The molecule has 16 heavy (non-hydrogen) atoms. The molecular formula is C10H8F3IO2. The molecule has 88 valence electrons. The summed E-state index contributed by atoms with van der Waals surface area (Å²) in [5.74, 6) is -0.964. The standard InChI is InChI=1S/C10H8F3IO2/c1-5(15)8-6(14)3-4-7(16-2)9(8)10(11,12)13/h3-4H,1-2H3. The lowest BCUT2D eigenvalue weighted by Crippen LogP contribution is -2.15. The van der Waals surface area contributed by atoms with Crippen molar-refractivity contribution >= 4 is 28.4 Å². The number of alkyl halides is 3. The molecule has 1 aromatic carbocycles. The average Bonchev–Trinajstić information content (AvgIpc) is 2.15. The van der Waals surface area contributed by atoms with Crippen LogP contribution in [-0.4, -0.2) is 12.9 Å². The van der Waals surface area contributed by atoms with E-state index in [0.717, 1.165) is 14.0 Å². The highest BCUT2D eigenvalue weighted by Crippen LogP contribution is 2.40. The summed E-state index contributed by atoms with van der Waals surface area (Å²) in [6.45, 7) is 1.10. The Hall–Kier alpha value is -0.790. The van der Waals surface area contributed by atoms with Gasteiger partial charge in [-0.05, 0) is 41.6 Å². The number of carbonyl (C=O) groups excluding carboxylic acids is 1. The van der Waals surface area contributed by atoms with Crippen LogP contribution in [0.25, 0.3) is 0 Å². The van der Waals surface area contributed by atoms with E-state index in [1.54, 1.807) is 22.6 Å². The number of Topliss-reactive ketones (excluding diaryl/α,β-unsaturated/α-hetero) is 1. The van der Waals surface area contributed by atoms with Gasteiger partial charge in [0.1, 0.15) is 11.3 Å². The fourth-order valence-corrected chi connectivity index (χ4v) is 2.18. The van der Waals surface area contributed by atoms with Crippen molar-refractivity contribution < 1.29 is 22.7 Å². The summed E-state index contributed by atoms with van der Waals surface area (Å²) in [5.41, 5.74) is -1.35. The van der Waals surface area contributed by atoms with Gasteiger partial charge in [-0.2, -0.15) is 13.2 Å². The maximum atomic E-state index is 12.8. The van der Waals surface area contributed by atoms with Gasteiger partial charge in [0.2, 0.25) is 0 Å². The van der Waals surface area contributed by atoms with Crippen molar-refractivity contribution in [2.24, 2.45) is 0 Å². The predicted octanol–water partition coefficient (Wildman–Crippen LogP) is 3.52. The van der Waals surface area contributed by atoms with Gasteiger partial charge in [-0.15, -0.1) is 0 Å². The van der Waals surface area contributed by atoms with E-state index in [0.29, 0.717) is 0 Å². The molecule has 0 aliphatic heterocycles. The fourth-order valence-electron chi connectivity index (χ4n) is 1.35. The second-order valence-corrected chi connectivity index (χ2v) is 4.22. The van der Waals surface area contributed by atoms with Crippen molar-refractivity contribution in [1.29, 1.82) is 0 Å². The van der Waals surface area contributed by atoms with Crippen LogP contribution < -0.4 is 4.74 Å². The number of hydrogen-bond acceptors (Lipinski definition) is 2. The number of ketones is 1. The lowest BCUT2D eigenvalue weighted by atomic mass is 10.0. The number of benzene rings is 1. The van der Waals surface area contributed by atoms with Crippen LogP contribution in [-0.2, 0) is 6.18 Å². The van der Waals surface area contributed by atoms with E-state index in [1.807, 2.05) is 0 Å².